The van der Waals surface area contributed by atoms with Gasteiger partial charge >= 0.3 is 0 Å². The molecule has 0 aromatic heterocycles. The number of benzene rings is 4. The predicted molar refractivity (Wildman–Crippen MR) is 169 cm³/mol. The lowest BCUT2D eigenvalue weighted by molar-refractivity contribution is 0.352. The zero-order valence-corrected chi connectivity index (χ0v) is 24.2. The van der Waals surface area contributed by atoms with Crippen molar-refractivity contribution in [3.05, 3.63) is 107 Å². The molecule has 2 spiro atoms. The zero-order valence-electron chi connectivity index (χ0n) is 24.2. The largest absolute Gasteiger partial charge is 0.339 e. The van der Waals surface area contributed by atoms with Crippen molar-refractivity contribution < 1.29 is 0 Å². The predicted octanol–water partition coefficient (Wildman–Crippen LogP) is 10.7. The first-order valence-corrected chi connectivity index (χ1v) is 15.9. The smallest absolute Gasteiger partial charge is 0.0416 e. The molecule has 0 saturated heterocycles. The van der Waals surface area contributed by atoms with E-state index in [1.54, 1.807) is 22.3 Å². The number of fused-ring (bicyclic) bond motifs is 10. The Hall–Kier alpha value is -3.32. The Labute approximate surface area is 240 Å². The normalized spacial score (nSPS) is 19.4. The van der Waals surface area contributed by atoms with E-state index < -0.39 is 0 Å². The summed E-state index contributed by atoms with van der Waals surface area (Å²) in [6, 6.07) is 33.7. The average molecular weight is 524 g/mol. The minimum atomic E-state index is 0.189. The second kappa shape index (κ2) is 9.10. The first-order valence-electron chi connectivity index (χ1n) is 15.9. The van der Waals surface area contributed by atoms with Crippen molar-refractivity contribution in [1.82, 2.24) is 0 Å². The molecule has 40 heavy (non-hydrogen) atoms. The van der Waals surface area contributed by atoms with Gasteiger partial charge in [0, 0.05) is 28.2 Å². The van der Waals surface area contributed by atoms with E-state index in [9.17, 15) is 0 Å². The minimum absolute atomic E-state index is 0.189. The molecular weight excluding hydrogens is 482 g/mol. The van der Waals surface area contributed by atoms with Crippen LogP contribution in [-0.2, 0) is 10.8 Å². The summed E-state index contributed by atoms with van der Waals surface area (Å²) in [6.45, 7) is 4.72. The van der Waals surface area contributed by atoms with Gasteiger partial charge in [-0.05, 0) is 108 Å². The second-order valence-electron chi connectivity index (χ2n) is 13.3. The molecule has 0 atom stereocenters. The molecule has 0 amide bonds. The van der Waals surface area contributed by atoms with Crippen molar-refractivity contribution in [2.45, 2.75) is 94.9 Å². The maximum atomic E-state index is 2.61. The van der Waals surface area contributed by atoms with Crippen LogP contribution in [0.4, 0.5) is 11.4 Å². The van der Waals surface area contributed by atoms with Gasteiger partial charge in [0.2, 0.25) is 0 Å². The third-order valence-corrected chi connectivity index (χ3v) is 11.0. The highest BCUT2D eigenvalue weighted by atomic mass is 15.2. The van der Waals surface area contributed by atoms with Crippen molar-refractivity contribution in [2.24, 2.45) is 0 Å². The molecule has 202 valence electrons. The molecule has 0 unspecified atom stereocenters. The molecule has 0 heterocycles. The van der Waals surface area contributed by atoms with Crippen molar-refractivity contribution in [3.63, 3.8) is 0 Å². The van der Waals surface area contributed by atoms with Crippen LogP contribution in [0.25, 0.3) is 22.3 Å². The van der Waals surface area contributed by atoms with E-state index in [1.807, 2.05) is 0 Å². The lowest BCUT2D eigenvalue weighted by Crippen LogP contribution is -2.30. The van der Waals surface area contributed by atoms with Gasteiger partial charge in [-0.1, -0.05) is 99.2 Å². The Balaban J connectivity index is 1.26. The van der Waals surface area contributed by atoms with Crippen LogP contribution in [0.2, 0.25) is 0 Å². The van der Waals surface area contributed by atoms with Crippen LogP contribution in [0.1, 0.15) is 100 Å². The Bertz CT molecular complexity index is 1480. The van der Waals surface area contributed by atoms with Crippen LogP contribution in [0.15, 0.2) is 84.9 Å². The van der Waals surface area contributed by atoms with Crippen molar-refractivity contribution >= 4 is 11.4 Å². The first-order chi connectivity index (χ1) is 19.6. The highest BCUT2D eigenvalue weighted by Crippen LogP contribution is 2.58. The van der Waals surface area contributed by atoms with E-state index in [2.05, 4.69) is 104 Å². The quantitative estimate of drug-likeness (QED) is 0.258. The summed E-state index contributed by atoms with van der Waals surface area (Å²) in [5.41, 5.74) is 15.3. The Morgan fingerprint density at radius 1 is 0.475 bits per heavy atom. The van der Waals surface area contributed by atoms with Gasteiger partial charge in [-0.3, -0.25) is 0 Å². The zero-order chi connectivity index (χ0) is 26.9. The third kappa shape index (κ3) is 3.33. The van der Waals surface area contributed by atoms with Gasteiger partial charge in [-0.15, -0.1) is 0 Å². The van der Waals surface area contributed by atoms with Crippen LogP contribution in [0.5, 0.6) is 0 Å². The fraction of sp³-hybridized carbons (Fsp3) is 0.385. The highest BCUT2D eigenvalue weighted by molar-refractivity contribution is 5.86. The number of hydrogen-bond donors (Lipinski definition) is 0. The number of hydrogen-bond acceptors (Lipinski definition) is 1. The van der Waals surface area contributed by atoms with Gasteiger partial charge in [0.15, 0.2) is 0 Å². The molecule has 4 aliphatic rings. The Kier molecular flexibility index (Phi) is 5.57. The van der Waals surface area contributed by atoms with E-state index in [4.69, 9.17) is 0 Å². The van der Waals surface area contributed by atoms with Gasteiger partial charge in [0.05, 0.1) is 0 Å². The van der Waals surface area contributed by atoms with Crippen LogP contribution in [0, 0.1) is 0 Å². The molecule has 4 aliphatic carbocycles. The molecule has 8 rings (SSSR count). The highest BCUT2D eigenvalue weighted by Gasteiger charge is 2.45. The summed E-state index contributed by atoms with van der Waals surface area (Å²) in [4.78, 5) is 2.61. The van der Waals surface area contributed by atoms with Gasteiger partial charge in [0.25, 0.3) is 0 Å². The molecule has 1 nitrogen and oxygen atoms in total. The molecule has 1 heteroatoms. The van der Waals surface area contributed by atoms with Gasteiger partial charge < -0.3 is 4.90 Å². The molecule has 0 N–H and O–H groups in total. The van der Waals surface area contributed by atoms with Gasteiger partial charge in [-0.25, -0.2) is 0 Å². The topological polar surface area (TPSA) is 3.24 Å². The second-order valence-corrected chi connectivity index (χ2v) is 13.3. The SMILES string of the molecule is CC(C)N(c1ccc2c(c1)C1(CCCCC1)c1ccccc1-2)c1ccc2c(c1)C1(CCCCC1)c1ccccc1-2. The van der Waals surface area contributed by atoms with Crippen molar-refractivity contribution in [2.75, 3.05) is 4.90 Å². The van der Waals surface area contributed by atoms with Crippen LogP contribution in [0.3, 0.4) is 0 Å². The molecular formula is C39H41N. The van der Waals surface area contributed by atoms with Crippen molar-refractivity contribution in [1.29, 1.82) is 0 Å². The van der Waals surface area contributed by atoms with E-state index in [-0.39, 0.29) is 10.8 Å². The summed E-state index contributed by atoms with van der Waals surface area (Å²) in [6.07, 6.45) is 13.2. The number of anilines is 2. The maximum Gasteiger partial charge on any atom is 0.0416 e. The fourth-order valence-electron chi connectivity index (χ4n) is 9.32. The Morgan fingerprint density at radius 2 is 0.875 bits per heavy atom. The summed E-state index contributed by atoms with van der Waals surface area (Å²) in [7, 11) is 0. The number of rotatable bonds is 3. The Morgan fingerprint density at radius 3 is 1.30 bits per heavy atom. The fourth-order valence-corrected chi connectivity index (χ4v) is 9.32. The average Bonchev–Trinajstić information content (AvgIpc) is 3.41. The summed E-state index contributed by atoms with van der Waals surface area (Å²) in [5.74, 6) is 0. The summed E-state index contributed by atoms with van der Waals surface area (Å²) >= 11 is 0. The molecule has 4 aromatic carbocycles. The minimum Gasteiger partial charge on any atom is -0.339 e. The lowest BCUT2D eigenvalue weighted by atomic mass is 9.67. The van der Waals surface area contributed by atoms with E-state index >= 15 is 0 Å². The molecule has 0 aliphatic heterocycles. The molecule has 4 aromatic rings. The number of nitrogens with zero attached hydrogens (tertiary/aromatic N) is 1. The summed E-state index contributed by atoms with van der Waals surface area (Å²) in [5, 5.41) is 0. The molecule has 0 bridgehead atoms. The van der Waals surface area contributed by atoms with Crippen LogP contribution < -0.4 is 4.90 Å². The maximum absolute atomic E-state index is 2.61. The third-order valence-electron chi connectivity index (χ3n) is 11.0. The molecule has 0 radical (unpaired) electrons. The monoisotopic (exact) mass is 523 g/mol. The van der Waals surface area contributed by atoms with Crippen LogP contribution >= 0.6 is 0 Å². The van der Waals surface area contributed by atoms with Gasteiger partial charge in [0.1, 0.15) is 0 Å². The van der Waals surface area contributed by atoms with Crippen molar-refractivity contribution in [3.8, 4) is 22.3 Å². The first kappa shape index (κ1) is 24.5. The van der Waals surface area contributed by atoms with E-state index in [1.165, 1.54) is 97.8 Å². The van der Waals surface area contributed by atoms with E-state index in [0.717, 1.165) is 0 Å². The standard InChI is InChI=1S/C39H41N/c1-27(2)40(28-17-19-32-30-13-5-7-15-34(30)38(36(32)25-28)21-9-3-10-22-38)29-18-20-33-31-14-6-8-16-35(31)39(37(33)26-29)23-11-4-12-24-39/h5-8,13-20,25-27H,3-4,9-12,21-24H2,1-2H3. The summed E-state index contributed by atoms with van der Waals surface area (Å²) < 4.78 is 0. The molecule has 2 saturated carbocycles. The van der Waals surface area contributed by atoms with Gasteiger partial charge in [-0.2, -0.15) is 0 Å². The molecule has 2 fully saturated rings. The van der Waals surface area contributed by atoms with E-state index in [0.29, 0.717) is 6.04 Å². The van der Waals surface area contributed by atoms with Crippen LogP contribution in [-0.4, -0.2) is 6.04 Å². The lowest BCUT2D eigenvalue weighted by Gasteiger charge is -2.38.